The number of aliphatic hydroxyl groups is 2. The molecule has 1 fully saturated rings. The molecule has 0 aliphatic carbocycles. The first-order chi connectivity index (χ1) is 22.2. The summed E-state index contributed by atoms with van der Waals surface area (Å²) in [5.41, 5.74) is 4.26. The van der Waals surface area contributed by atoms with E-state index in [0.29, 0.717) is 23.7 Å². The number of nitrogen functional groups attached to an aromatic ring is 1. The smallest absolute Gasteiger partial charge is 0.438 e. The van der Waals surface area contributed by atoms with E-state index in [4.69, 9.17) is 28.8 Å². The number of carbonyl (C=O) groups is 1. The van der Waals surface area contributed by atoms with Gasteiger partial charge >= 0.3 is 13.8 Å². The second-order valence-electron chi connectivity index (χ2n) is 10.9. The van der Waals surface area contributed by atoms with Crippen LogP contribution in [0.3, 0.4) is 0 Å². The predicted octanol–water partition coefficient (Wildman–Crippen LogP) is 4.24. The van der Waals surface area contributed by atoms with E-state index in [9.17, 15) is 24.8 Å². The van der Waals surface area contributed by atoms with E-state index < -0.39 is 51.1 Å². The lowest BCUT2D eigenvalue weighted by Crippen LogP contribution is -2.41. The van der Waals surface area contributed by atoms with Crippen molar-refractivity contribution in [3.8, 4) is 11.8 Å². The average Bonchev–Trinajstić information content (AvgIpc) is 3.60. The van der Waals surface area contributed by atoms with Crippen molar-refractivity contribution in [2.45, 2.75) is 63.4 Å². The van der Waals surface area contributed by atoms with Gasteiger partial charge in [0.1, 0.15) is 42.0 Å². The Hall–Kier alpha value is -4.09. The first-order valence-electron chi connectivity index (χ1n) is 14.9. The Labute approximate surface area is 265 Å². The molecule has 0 unspecified atom stereocenters. The number of carbonyl (C=O) groups excluding carboxylic acids is 1. The Morgan fingerprint density at radius 3 is 2.61 bits per heavy atom. The quantitative estimate of drug-likeness (QED) is 0.0992. The number of hydrogen-bond donors (Lipinski definition) is 3. The SMILES string of the molecule is CCCC(CCC)C(=O)OCO[P@@](=O)(OC[C@H]1O[C@@](C#N)(c2ccc3c(N)ncnn23)[C@H](O)[C@@H]1O)Oc1cccc2ccccc12. The first-order valence-corrected chi connectivity index (χ1v) is 16.4. The van der Waals surface area contributed by atoms with E-state index >= 15 is 0 Å². The van der Waals surface area contributed by atoms with Crippen LogP contribution in [0.4, 0.5) is 5.82 Å². The number of nitrogens with zero attached hydrogens (tertiary/aromatic N) is 4. The minimum atomic E-state index is -4.59. The van der Waals surface area contributed by atoms with Gasteiger partial charge in [-0.2, -0.15) is 10.4 Å². The highest BCUT2D eigenvalue weighted by molar-refractivity contribution is 7.48. The zero-order valence-corrected chi connectivity index (χ0v) is 26.3. The highest BCUT2D eigenvalue weighted by Gasteiger charge is 2.58. The molecular weight excluding hydrogens is 617 g/mol. The van der Waals surface area contributed by atoms with E-state index in [1.165, 1.54) is 16.9 Å². The van der Waals surface area contributed by atoms with Gasteiger partial charge in [-0.25, -0.2) is 18.6 Å². The monoisotopic (exact) mass is 653 g/mol. The highest BCUT2D eigenvalue weighted by Crippen LogP contribution is 2.52. The number of nitriles is 1. The molecule has 0 saturated carbocycles. The summed E-state index contributed by atoms with van der Waals surface area (Å²) in [7, 11) is -4.59. The molecule has 5 rings (SSSR count). The summed E-state index contributed by atoms with van der Waals surface area (Å²) in [5.74, 6) is -0.548. The van der Waals surface area contributed by atoms with Crippen molar-refractivity contribution in [1.29, 1.82) is 5.26 Å². The van der Waals surface area contributed by atoms with E-state index in [1.807, 2.05) is 38.1 Å². The Morgan fingerprint density at radius 1 is 1.13 bits per heavy atom. The van der Waals surface area contributed by atoms with Crippen molar-refractivity contribution in [3.05, 3.63) is 66.6 Å². The van der Waals surface area contributed by atoms with Crippen LogP contribution in [0.25, 0.3) is 16.3 Å². The molecule has 15 heteroatoms. The topological polar surface area (TPSA) is 201 Å². The number of nitrogens with two attached hydrogens (primary N) is 1. The molecule has 0 amide bonds. The standard InChI is InChI=1S/C31H36N5O9P/c1-3-8-21(9-4-2)30(39)41-19-43-46(40,45-24-13-7-11-20-10-5-6-12-22(20)24)42-16-25-27(37)28(38)31(17-32,44-25)26-15-14-23-29(33)34-18-35-36(23)26/h5-7,10-15,18,21,25,27-28,37-38H,3-4,8-9,16,19H2,1-2H3,(H2,33,34,35)/t25-,27-,28-,31+,46-/m1/s1. The molecule has 5 atom stereocenters. The molecule has 0 radical (unpaired) electrons. The van der Waals surface area contributed by atoms with Gasteiger partial charge < -0.3 is 29.9 Å². The first kappa shape index (κ1) is 33.3. The summed E-state index contributed by atoms with van der Waals surface area (Å²) in [6.07, 6.45) is -0.824. The Bertz CT molecular complexity index is 1770. The number of hydrogen-bond acceptors (Lipinski definition) is 13. The summed E-state index contributed by atoms with van der Waals surface area (Å²) in [4.78, 5) is 16.6. The third kappa shape index (κ3) is 6.57. The molecule has 1 aliphatic rings. The third-order valence-corrected chi connectivity index (χ3v) is 9.17. The van der Waals surface area contributed by atoms with Gasteiger partial charge in [-0.3, -0.25) is 9.32 Å². The summed E-state index contributed by atoms with van der Waals surface area (Å²) >= 11 is 0. The predicted molar refractivity (Wildman–Crippen MR) is 165 cm³/mol. The molecule has 1 aliphatic heterocycles. The second-order valence-corrected chi connectivity index (χ2v) is 12.5. The van der Waals surface area contributed by atoms with Gasteiger partial charge in [0.2, 0.25) is 12.4 Å². The van der Waals surface area contributed by atoms with Crippen LogP contribution in [0, 0.1) is 17.2 Å². The van der Waals surface area contributed by atoms with Gasteiger partial charge in [-0.05, 0) is 36.4 Å². The van der Waals surface area contributed by atoms with Gasteiger partial charge in [0, 0.05) is 5.39 Å². The van der Waals surface area contributed by atoms with E-state index in [1.54, 1.807) is 30.3 Å². The van der Waals surface area contributed by atoms with Crippen LogP contribution in [0.15, 0.2) is 60.9 Å². The van der Waals surface area contributed by atoms with Gasteiger partial charge in [0.15, 0.2) is 5.82 Å². The van der Waals surface area contributed by atoms with Gasteiger partial charge in [-0.1, -0.05) is 63.1 Å². The average molecular weight is 654 g/mol. The lowest BCUT2D eigenvalue weighted by molar-refractivity contribution is -0.156. The second kappa shape index (κ2) is 14.1. The van der Waals surface area contributed by atoms with Gasteiger partial charge in [0.05, 0.1) is 18.2 Å². The summed E-state index contributed by atoms with van der Waals surface area (Å²) < 4.78 is 43.5. The van der Waals surface area contributed by atoms with Crippen LogP contribution in [0.5, 0.6) is 5.75 Å². The Balaban J connectivity index is 1.38. The zero-order chi connectivity index (χ0) is 32.9. The molecular formula is C31H36N5O9P. The molecule has 14 nitrogen and oxygen atoms in total. The minimum Gasteiger partial charge on any atom is -0.438 e. The number of aromatic nitrogens is 3. The Kier molecular flexibility index (Phi) is 10.2. The lowest BCUT2D eigenvalue weighted by Gasteiger charge is -2.24. The summed E-state index contributed by atoms with van der Waals surface area (Å²) in [6, 6.07) is 17.3. The van der Waals surface area contributed by atoms with E-state index in [0.717, 1.165) is 18.2 Å². The number of anilines is 1. The van der Waals surface area contributed by atoms with Crippen molar-refractivity contribution in [2.24, 2.45) is 5.92 Å². The number of esters is 1. The summed E-state index contributed by atoms with van der Waals surface area (Å²) in [6.45, 7) is 2.55. The molecule has 2 aromatic heterocycles. The van der Waals surface area contributed by atoms with Crippen LogP contribution in [-0.2, 0) is 33.5 Å². The number of aliphatic hydroxyl groups excluding tert-OH is 2. The normalized spacial score (nSPS) is 22.6. The fraction of sp³-hybridized carbons (Fsp3) is 0.419. The number of phosphoric ester groups is 1. The number of benzene rings is 2. The molecule has 1 saturated heterocycles. The number of rotatable bonds is 14. The van der Waals surface area contributed by atoms with Crippen LogP contribution in [-0.4, -0.2) is 62.5 Å². The molecule has 46 heavy (non-hydrogen) atoms. The van der Waals surface area contributed by atoms with Crippen LogP contribution in [0.2, 0.25) is 0 Å². The van der Waals surface area contributed by atoms with Crippen molar-refractivity contribution in [1.82, 2.24) is 14.6 Å². The maximum absolute atomic E-state index is 14.1. The fourth-order valence-electron chi connectivity index (χ4n) is 5.54. The van der Waals surface area contributed by atoms with Crippen LogP contribution >= 0.6 is 7.82 Å². The number of phosphoric acid groups is 1. The van der Waals surface area contributed by atoms with Crippen molar-refractivity contribution < 1.29 is 42.6 Å². The molecule has 244 valence electrons. The maximum Gasteiger partial charge on any atom is 0.533 e. The number of fused-ring (bicyclic) bond motifs is 2. The van der Waals surface area contributed by atoms with Gasteiger partial charge in [0.25, 0.3) is 0 Å². The molecule has 0 spiro atoms. The minimum absolute atomic E-state index is 0.0835. The number of ether oxygens (including phenoxy) is 2. The van der Waals surface area contributed by atoms with Crippen LogP contribution < -0.4 is 10.3 Å². The largest absolute Gasteiger partial charge is 0.533 e. The maximum atomic E-state index is 14.1. The van der Waals surface area contributed by atoms with Crippen LogP contribution in [0.1, 0.15) is 45.2 Å². The highest BCUT2D eigenvalue weighted by atomic mass is 31.2. The van der Waals surface area contributed by atoms with E-state index in [2.05, 4.69) is 10.1 Å². The summed E-state index contributed by atoms with van der Waals surface area (Å²) in [5, 5.41) is 37.8. The fourth-order valence-corrected chi connectivity index (χ4v) is 6.64. The zero-order valence-electron chi connectivity index (χ0n) is 25.4. The molecule has 4 N–H and O–H groups in total. The third-order valence-electron chi connectivity index (χ3n) is 7.86. The molecule has 2 aromatic carbocycles. The van der Waals surface area contributed by atoms with E-state index in [-0.39, 0.29) is 23.2 Å². The van der Waals surface area contributed by atoms with Crippen molar-refractivity contribution in [2.75, 3.05) is 19.1 Å². The van der Waals surface area contributed by atoms with Gasteiger partial charge in [-0.15, -0.1) is 0 Å². The Morgan fingerprint density at radius 2 is 1.87 bits per heavy atom. The van der Waals surface area contributed by atoms with Crippen molar-refractivity contribution in [3.63, 3.8) is 0 Å². The van der Waals surface area contributed by atoms with Crippen molar-refractivity contribution >= 4 is 35.9 Å². The molecule has 0 bridgehead atoms. The molecule has 3 heterocycles. The lowest BCUT2D eigenvalue weighted by atomic mass is 9.92. The molecule has 4 aromatic rings.